The van der Waals surface area contributed by atoms with Crippen molar-refractivity contribution >= 4 is 45.3 Å². The van der Waals surface area contributed by atoms with Crippen molar-refractivity contribution in [2.24, 2.45) is 0 Å². The van der Waals surface area contributed by atoms with E-state index in [-0.39, 0.29) is 16.4 Å². The second kappa shape index (κ2) is 6.03. The van der Waals surface area contributed by atoms with E-state index in [9.17, 15) is 9.59 Å². The van der Waals surface area contributed by atoms with Gasteiger partial charge in [-0.1, -0.05) is 17.8 Å². The molecule has 3 aromatic rings. The molecule has 2 aromatic heterocycles. The van der Waals surface area contributed by atoms with E-state index in [4.69, 9.17) is 4.42 Å². The molecule has 0 aliphatic carbocycles. The normalized spacial score (nSPS) is 17.6. The standard InChI is InChI=1S/C16H13N3O3S2/c1-8-17-10(7-23-8)6-14-18-11-4-9(2-3-12(11)22-14)5-13-15(20)19-16(21)24-13/h2-4,7,13H,5-6H2,1H3,(H,19,20,21). The number of hydrogen-bond donors (Lipinski definition) is 1. The zero-order valence-electron chi connectivity index (χ0n) is 12.7. The number of thioether (sulfide) groups is 1. The predicted molar refractivity (Wildman–Crippen MR) is 92.3 cm³/mol. The van der Waals surface area contributed by atoms with Gasteiger partial charge < -0.3 is 4.42 Å². The summed E-state index contributed by atoms with van der Waals surface area (Å²) in [5, 5.41) is 4.66. The molecule has 0 bridgehead atoms. The van der Waals surface area contributed by atoms with Crippen LogP contribution in [-0.4, -0.2) is 26.4 Å². The first-order valence-electron chi connectivity index (χ1n) is 7.37. The Morgan fingerprint density at radius 2 is 2.17 bits per heavy atom. The van der Waals surface area contributed by atoms with Crippen LogP contribution in [0.5, 0.6) is 0 Å². The highest BCUT2D eigenvalue weighted by Crippen LogP contribution is 2.25. The van der Waals surface area contributed by atoms with Gasteiger partial charge in [-0.2, -0.15) is 0 Å². The van der Waals surface area contributed by atoms with Gasteiger partial charge in [0, 0.05) is 5.38 Å². The van der Waals surface area contributed by atoms with Gasteiger partial charge in [0.25, 0.3) is 5.24 Å². The molecule has 4 rings (SSSR count). The third kappa shape index (κ3) is 3.07. The lowest BCUT2D eigenvalue weighted by Gasteiger charge is -2.04. The zero-order chi connectivity index (χ0) is 16.7. The van der Waals surface area contributed by atoms with Crippen LogP contribution in [0.25, 0.3) is 11.1 Å². The summed E-state index contributed by atoms with van der Waals surface area (Å²) in [6, 6.07) is 5.67. The number of benzene rings is 1. The molecule has 1 saturated heterocycles. The molecule has 6 nitrogen and oxygen atoms in total. The Morgan fingerprint density at radius 3 is 2.88 bits per heavy atom. The highest BCUT2D eigenvalue weighted by Gasteiger charge is 2.31. The van der Waals surface area contributed by atoms with Gasteiger partial charge in [0.2, 0.25) is 11.8 Å². The number of imide groups is 1. The minimum atomic E-state index is -0.376. The molecular weight excluding hydrogens is 346 g/mol. The van der Waals surface area contributed by atoms with E-state index in [0.717, 1.165) is 33.5 Å². The minimum Gasteiger partial charge on any atom is -0.440 e. The van der Waals surface area contributed by atoms with Gasteiger partial charge in [0.15, 0.2) is 5.58 Å². The smallest absolute Gasteiger partial charge is 0.286 e. The number of aromatic nitrogens is 2. The molecule has 0 radical (unpaired) electrons. The number of carbonyl (C=O) groups is 2. The summed E-state index contributed by atoms with van der Waals surface area (Å²) in [5.41, 5.74) is 3.36. The largest absolute Gasteiger partial charge is 0.440 e. The van der Waals surface area contributed by atoms with Crippen molar-refractivity contribution in [2.45, 2.75) is 25.0 Å². The first-order valence-corrected chi connectivity index (χ1v) is 9.13. The van der Waals surface area contributed by atoms with Crippen molar-refractivity contribution in [3.05, 3.63) is 45.7 Å². The van der Waals surface area contributed by atoms with E-state index in [1.54, 1.807) is 11.3 Å². The van der Waals surface area contributed by atoms with Gasteiger partial charge in [-0.05, 0) is 31.0 Å². The quantitative estimate of drug-likeness (QED) is 0.770. The summed E-state index contributed by atoms with van der Waals surface area (Å²) in [6.07, 6.45) is 1.05. The van der Waals surface area contributed by atoms with Gasteiger partial charge in [-0.3, -0.25) is 14.9 Å². The molecule has 8 heteroatoms. The zero-order valence-corrected chi connectivity index (χ0v) is 14.4. The first-order chi connectivity index (χ1) is 11.6. The number of thiazole rings is 1. The second-order valence-corrected chi connectivity index (χ2v) is 7.77. The van der Waals surface area contributed by atoms with Gasteiger partial charge >= 0.3 is 0 Å². The summed E-state index contributed by atoms with van der Waals surface area (Å²) in [6.45, 7) is 1.97. The van der Waals surface area contributed by atoms with Crippen LogP contribution < -0.4 is 5.32 Å². The van der Waals surface area contributed by atoms with Gasteiger partial charge in [-0.15, -0.1) is 11.3 Å². The maximum atomic E-state index is 11.7. The Kier molecular flexibility index (Phi) is 3.85. The van der Waals surface area contributed by atoms with Gasteiger partial charge in [0.1, 0.15) is 5.52 Å². The fraction of sp³-hybridized carbons (Fsp3) is 0.250. The van der Waals surface area contributed by atoms with Crippen LogP contribution in [0, 0.1) is 6.92 Å². The maximum Gasteiger partial charge on any atom is 0.286 e. The fourth-order valence-electron chi connectivity index (χ4n) is 2.61. The van der Waals surface area contributed by atoms with E-state index in [1.807, 2.05) is 30.5 Å². The average molecular weight is 359 g/mol. The highest BCUT2D eigenvalue weighted by molar-refractivity contribution is 8.15. The summed E-state index contributed by atoms with van der Waals surface area (Å²) < 4.78 is 5.76. The van der Waals surface area contributed by atoms with Gasteiger partial charge in [0.05, 0.1) is 22.4 Å². The molecule has 0 spiro atoms. The number of fused-ring (bicyclic) bond motifs is 1. The molecule has 3 heterocycles. The van der Waals surface area contributed by atoms with Crippen molar-refractivity contribution in [1.29, 1.82) is 0 Å². The number of nitrogens with one attached hydrogen (secondary N) is 1. The Morgan fingerprint density at radius 1 is 1.29 bits per heavy atom. The van der Waals surface area contributed by atoms with Crippen LogP contribution >= 0.6 is 23.1 Å². The highest BCUT2D eigenvalue weighted by atomic mass is 32.2. The van der Waals surface area contributed by atoms with Crippen molar-refractivity contribution < 1.29 is 14.0 Å². The lowest BCUT2D eigenvalue weighted by Crippen LogP contribution is -2.25. The van der Waals surface area contributed by atoms with E-state index >= 15 is 0 Å². The summed E-state index contributed by atoms with van der Waals surface area (Å²) in [7, 11) is 0. The molecule has 1 unspecified atom stereocenters. The monoisotopic (exact) mass is 359 g/mol. The topological polar surface area (TPSA) is 85.1 Å². The average Bonchev–Trinajstić information content (AvgIpc) is 3.19. The van der Waals surface area contributed by atoms with Crippen LogP contribution in [0.4, 0.5) is 4.79 Å². The third-order valence-electron chi connectivity index (χ3n) is 3.68. The van der Waals surface area contributed by atoms with Crippen molar-refractivity contribution in [1.82, 2.24) is 15.3 Å². The molecule has 0 saturated carbocycles. The Hall–Kier alpha value is -2.19. The molecule has 1 aromatic carbocycles. The Balaban J connectivity index is 1.54. The van der Waals surface area contributed by atoms with E-state index in [2.05, 4.69) is 15.3 Å². The van der Waals surface area contributed by atoms with E-state index < -0.39 is 0 Å². The van der Waals surface area contributed by atoms with Crippen molar-refractivity contribution in [3.63, 3.8) is 0 Å². The van der Waals surface area contributed by atoms with Gasteiger partial charge in [-0.25, -0.2) is 9.97 Å². The molecule has 2 amide bonds. The molecule has 24 heavy (non-hydrogen) atoms. The lowest BCUT2D eigenvalue weighted by atomic mass is 10.1. The second-order valence-electron chi connectivity index (χ2n) is 5.53. The van der Waals surface area contributed by atoms with Crippen LogP contribution in [0.15, 0.2) is 28.0 Å². The number of oxazole rings is 1. The third-order valence-corrected chi connectivity index (χ3v) is 5.49. The van der Waals surface area contributed by atoms with Crippen LogP contribution in [-0.2, 0) is 17.6 Å². The SMILES string of the molecule is Cc1nc(Cc2nc3cc(CC4SC(=O)NC4=O)ccc3o2)cs1. The van der Waals surface area contributed by atoms with Crippen LogP contribution in [0.1, 0.15) is 22.2 Å². The predicted octanol–water partition coefficient (Wildman–Crippen LogP) is 3.08. The van der Waals surface area contributed by atoms with E-state index in [0.29, 0.717) is 24.3 Å². The fourth-order valence-corrected chi connectivity index (χ4v) is 4.08. The summed E-state index contributed by atoms with van der Waals surface area (Å²) >= 11 is 2.64. The molecular formula is C16H13N3O3S2. The lowest BCUT2D eigenvalue weighted by molar-refractivity contribution is -0.118. The molecule has 1 aliphatic rings. The number of nitrogens with zero attached hydrogens (tertiary/aromatic N) is 2. The maximum absolute atomic E-state index is 11.7. The first kappa shape index (κ1) is 15.3. The number of aryl methyl sites for hydroxylation is 1. The molecule has 122 valence electrons. The number of carbonyl (C=O) groups excluding carboxylic acids is 2. The van der Waals surface area contributed by atoms with E-state index in [1.165, 1.54) is 0 Å². The number of amides is 2. The number of rotatable bonds is 4. The van der Waals surface area contributed by atoms with Crippen LogP contribution in [0.2, 0.25) is 0 Å². The molecule has 1 aliphatic heterocycles. The van der Waals surface area contributed by atoms with Crippen LogP contribution in [0.3, 0.4) is 0 Å². The molecule has 1 fully saturated rings. The minimum absolute atomic E-state index is 0.232. The summed E-state index contributed by atoms with van der Waals surface area (Å²) in [5.74, 6) is 0.389. The molecule has 1 atom stereocenters. The molecule has 1 N–H and O–H groups in total. The van der Waals surface area contributed by atoms with Crippen molar-refractivity contribution in [3.8, 4) is 0 Å². The number of hydrogen-bond acceptors (Lipinski definition) is 7. The summed E-state index contributed by atoms with van der Waals surface area (Å²) in [4.78, 5) is 31.8. The van der Waals surface area contributed by atoms with Crippen molar-refractivity contribution in [2.75, 3.05) is 0 Å². The Labute approximate surface area is 145 Å². The Bertz CT molecular complexity index is 947.